The van der Waals surface area contributed by atoms with Gasteiger partial charge >= 0.3 is 6.18 Å². The van der Waals surface area contributed by atoms with Crippen molar-refractivity contribution in [1.82, 2.24) is 29.5 Å². The average Bonchev–Trinajstić information content (AvgIpc) is 3.05. The van der Waals surface area contributed by atoms with E-state index in [4.69, 9.17) is 0 Å². The van der Waals surface area contributed by atoms with Gasteiger partial charge in [-0.05, 0) is 24.8 Å². The largest absolute Gasteiger partial charge is 0.449 e. The smallest absolute Gasteiger partial charge is 0.311 e. The molecule has 0 spiro atoms. The Labute approximate surface area is 161 Å². The Kier molecular flexibility index (Phi) is 3.90. The van der Waals surface area contributed by atoms with Crippen LogP contribution in [0.25, 0.3) is 22.1 Å². The van der Waals surface area contributed by atoms with Gasteiger partial charge in [-0.15, -0.1) is 0 Å². The van der Waals surface area contributed by atoms with Gasteiger partial charge < -0.3 is 9.55 Å². The third-order valence-corrected chi connectivity index (χ3v) is 5.32. The topological polar surface area (TPSA) is 89.4 Å². The van der Waals surface area contributed by atoms with Crippen LogP contribution in [0.1, 0.15) is 30.5 Å². The van der Waals surface area contributed by atoms with Crippen LogP contribution in [-0.2, 0) is 12.6 Å². The maximum absolute atomic E-state index is 13.5. The molecule has 0 atom stereocenters. The first-order chi connectivity index (χ1) is 13.9. The summed E-state index contributed by atoms with van der Waals surface area (Å²) in [6, 6.07) is 7.22. The van der Waals surface area contributed by atoms with Crippen LogP contribution in [-0.4, -0.2) is 29.5 Å². The molecule has 1 aliphatic carbocycles. The number of rotatable bonds is 3. The lowest BCUT2D eigenvalue weighted by molar-refractivity contribution is -0.148. The normalized spacial score (nSPS) is 19.6. The van der Waals surface area contributed by atoms with Gasteiger partial charge in [0.15, 0.2) is 11.2 Å². The fraction of sp³-hybridized carbons (Fsp3) is 0.316. The summed E-state index contributed by atoms with van der Waals surface area (Å²) in [5.74, 6) is -0.253. The van der Waals surface area contributed by atoms with Gasteiger partial charge in [-0.2, -0.15) is 13.2 Å². The van der Waals surface area contributed by atoms with E-state index in [-0.39, 0.29) is 17.1 Å². The van der Waals surface area contributed by atoms with Crippen molar-refractivity contribution in [2.75, 3.05) is 0 Å². The Hall–Kier alpha value is -3.30. The maximum atomic E-state index is 13.5. The molecule has 0 aliphatic heterocycles. The minimum Gasteiger partial charge on any atom is -0.311 e. The summed E-state index contributed by atoms with van der Waals surface area (Å²) in [6.45, 7) is 0. The molecular weight excluding hydrogens is 385 g/mol. The van der Waals surface area contributed by atoms with E-state index in [1.54, 1.807) is 6.20 Å². The Morgan fingerprint density at radius 2 is 1.93 bits per heavy atom. The third-order valence-electron chi connectivity index (χ3n) is 5.32. The van der Waals surface area contributed by atoms with Crippen molar-refractivity contribution >= 4 is 22.1 Å². The molecule has 148 valence electrons. The zero-order chi connectivity index (χ0) is 20.2. The third kappa shape index (κ3) is 3.04. The molecule has 10 heteroatoms. The number of H-pyrrole nitrogens is 1. The van der Waals surface area contributed by atoms with Gasteiger partial charge in [0.2, 0.25) is 5.82 Å². The molecule has 0 amide bonds. The van der Waals surface area contributed by atoms with E-state index in [1.807, 2.05) is 24.3 Å². The van der Waals surface area contributed by atoms with Crippen molar-refractivity contribution in [3.8, 4) is 0 Å². The van der Waals surface area contributed by atoms with Gasteiger partial charge in [0.1, 0.15) is 5.82 Å². The second kappa shape index (κ2) is 6.36. The van der Waals surface area contributed by atoms with Gasteiger partial charge in [-0.1, -0.05) is 18.2 Å². The van der Waals surface area contributed by atoms with E-state index in [2.05, 4.69) is 24.9 Å². The lowest BCUT2D eigenvalue weighted by atomic mass is 9.77. The highest BCUT2D eigenvalue weighted by atomic mass is 19.4. The van der Waals surface area contributed by atoms with Gasteiger partial charge in [0.05, 0.1) is 11.8 Å². The summed E-state index contributed by atoms with van der Waals surface area (Å²) in [6.07, 6.45) is -0.196. The summed E-state index contributed by atoms with van der Waals surface area (Å²) in [5, 5.41) is 0.943. The van der Waals surface area contributed by atoms with Crippen molar-refractivity contribution in [2.24, 2.45) is 5.92 Å². The van der Waals surface area contributed by atoms with Crippen LogP contribution in [0.15, 0.2) is 41.6 Å². The van der Waals surface area contributed by atoms with Crippen LogP contribution >= 0.6 is 0 Å². The number of fused-ring (bicyclic) bond motifs is 2. The number of imidazole rings is 1. The number of nitrogens with zero attached hydrogens (tertiary/aromatic N) is 5. The van der Waals surface area contributed by atoms with Gasteiger partial charge in [-0.3, -0.25) is 4.79 Å². The highest BCUT2D eigenvalue weighted by molar-refractivity contribution is 5.77. The standard InChI is InChI=1S/C19H15F3N6O/c20-19(21,22)18-27-15-16(24-9-25-17(15)29)28(18)12-5-10(6-12)7-14-23-8-11-3-1-2-4-13(11)26-14/h1-4,8-10,12H,5-7H2,(H,24,25,29). The van der Waals surface area contributed by atoms with Crippen LogP contribution in [0, 0.1) is 5.92 Å². The van der Waals surface area contributed by atoms with E-state index < -0.39 is 23.6 Å². The summed E-state index contributed by atoms with van der Waals surface area (Å²) >= 11 is 0. The highest BCUT2D eigenvalue weighted by Crippen LogP contribution is 2.43. The lowest BCUT2D eigenvalue weighted by Gasteiger charge is -2.37. The number of aromatic nitrogens is 6. The molecule has 1 aliphatic rings. The molecule has 0 radical (unpaired) electrons. The number of para-hydroxylation sites is 1. The van der Waals surface area contributed by atoms with Gasteiger partial charge in [0.25, 0.3) is 5.56 Å². The summed E-state index contributed by atoms with van der Waals surface area (Å²) in [5.41, 5.74) is -0.163. The average molecular weight is 400 g/mol. The number of hydrogen-bond donors (Lipinski definition) is 1. The molecular formula is C19H15F3N6O. The molecule has 4 aromatic rings. The van der Waals surface area contributed by atoms with Crippen molar-refractivity contribution in [2.45, 2.75) is 31.5 Å². The number of hydrogen-bond acceptors (Lipinski definition) is 5. The Morgan fingerprint density at radius 3 is 2.72 bits per heavy atom. The quantitative estimate of drug-likeness (QED) is 0.570. The number of nitrogens with one attached hydrogen (secondary N) is 1. The Morgan fingerprint density at radius 1 is 1.14 bits per heavy atom. The highest BCUT2D eigenvalue weighted by Gasteiger charge is 2.43. The van der Waals surface area contributed by atoms with E-state index in [1.165, 1.54) is 0 Å². The molecule has 5 rings (SSSR count). The number of aromatic amines is 1. The molecule has 0 saturated heterocycles. The first-order valence-electron chi connectivity index (χ1n) is 9.13. The zero-order valence-corrected chi connectivity index (χ0v) is 15.0. The number of benzene rings is 1. The monoisotopic (exact) mass is 400 g/mol. The molecule has 7 nitrogen and oxygen atoms in total. The first-order valence-corrected chi connectivity index (χ1v) is 9.13. The molecule has 3 aromatic heterocycles. The summed E-state index contributed by atoms with van der Waals surface area (Å²) in [7, 11) is 0. The fourth-order valence-electron chi connectivity index (χ4n) is 3.91. The van der Waals surface area contributed by atoms with Gasteiger partial charge in [0, 0.05) is 24.0 Å². The second-order valence-corrected chi connectivity index (χ2v) is 7.25. The van der Waals surface area contributed by atoms with Crippen LogP contribution < -0.4 is 5.56 Å². The molecule has 1 saturated carbocycles. The molecule has 3 heterocycles. The van der Waals surface area contributed by atoms with Crippen molar-refractivity contribution < 1.29 is 13.2 Å². The van der Waals surface area contributed by atoms with Crippen LogP contribution in [0.2, 0.25) is 0 Å². The lowest BCUT2D eigenvalue weighted by Crippen LogP contribution is -2.31. The van der Waals surface area contributed by atoms with Gasteiger partial charge in [-0.25, -0.2) is 19.9 Å². The number of halogens is 3. The van der Waals surface area contributed by atoms with Crippen LogP contribution in [0.4, 0.5) is 13.2 Å². The first kappa shape index (κ1) is 17.8. The SMILES string of the molecule is O=c1[nH]cnc2c1nc(C(F)(F)F)n2C1CC(Cc2ncc3ccccc3n2)C1. The number of alkyl halides is 3. The minimum absolute atomic E-state index is 0.0357. The zero-order valence-electron chi connectivity index (χ0n) is 15.0. The van der Waals surface area contributed by atoms with E-state index in [0.29, 0.717) is 25.1 Å². The molecule has 0 unspecified atom stereocenters. The second-order valence-electron chi connectivity index (χ2n) is 7.25. The Balaban J connectivity index is 1.41. The van der Waals surface area contributed by atoms with Crippen molar-refractivity contribution in [3.63, 3.8) is 0 Å². The molecule has 29 heavy (non-hydrogen) atoms. The van der Waals surface area contributed by atoms with E-state index in [9.17, 15) is 18.0 Å². The van der Waals surface area contributed by atoms with Crippen LogP contribution in [0.5, 0.6) is 0 Å². The molecule has 1 N–H and O–H groups in total. The summed E-state index contributed by atoms with van der Waals surface area (Å²) in [4.78, 5) is 30.5. The fourth-order valence-corrected chi connectivity index (χ4v) is 3.91. The summed E-state index contributed by atoms with van der Waals surface area (Å²) < 4.78 is 41.5. The van der Waals surface area contributed by atoms with Crippen LogP contribution in [0.3, 0.4) is 0 Å². The van der Waals surface area contributed by atoms with E-state index in [0.717, 1.165) is 21.8 Å². The predicted molar refractivity (Wildman–Crippen MR) is 98.2 cm³/mol. The molecule has 1 fully saturated rings. The minimum atomic E-state index is -4.67. The van der Waals surface area contributed by atoms with Crippen molar-refractivity contribution in [3.05, 3.63) is 58.8 Å². The van der Waals surface area contributed by atoms with Crippen molar-refractivity contribution in [1.29, 1.82) is 0 Å². The predicted octanol–water partition coefficient (Wildman–Crippen LogP) is 3.28. The molecule has 1 aromatic carbocycles. The Bertz CT molecular complexity index is 1270. The maximum Gasteiger partial charge on any atom is 0.449 e. The molecule has 0 bridgehead atoms. The van der Waals surface area contributed by atoms with E-state index >= 15 is 0 Å².